The summed E-state index contributed by atoms with van der Waals surface area (Å²) in [6.45, 7) is 3.55. The highest BCUT2D eigenvalue weighted by atomic mass is 35.5. The van der Waals surface area contributed by atoms with Gasteiger partial charge in [0.2, 0.25) is 0 Å². The van der Waals surface area contributed by atoms with Crippen LogP contribution >= 0.6 is 23.2 Å². The van der Waals surface area contributed by atoms with E-state index in [1.165, 1.54) is 6.07 Å². The summed E-state index contributed by atoms with van der Waals surface area (Å²) < 4.78 is 10.1. The Hall–Kier alpha value is -1.66. The first-order chi connectivity index (χ1) is 9.72. The van der Waals surface area contributed by atoms with Crippen molar-refractivity contribution in [3.8, 4) is 0 Å². The number of benzene rings is 1. The molecule has 0 bridgehead atoms. The summed E-state index contributed by atoms with van der Waals surface area (Å²) in [6.07, 6.45) is -3.84. The van der Waals surface area contributed by atoms with Gasteiger partial charge in [0.25, 0.3) is 0 Å². The molecule has 0 radical (unpaired) electrons. The maximum Gasteiger partial charge on any atom is 0.405 e. The average Bonchev–Trinajstić information content (AvgIpc) is 2.33. The van der Waals surface area contributed by atoms with Crippen LogP contribution in [0.1, 0.15) is 25.5 Å². The molecule has 8 heteroatoms. The van der Waals surface area contributed by atoms with Crippen LogP contribution in [0.15, 0.2) is 18.2 Å². The van der Waals surface area contributed by atoms with Crippen LogP contribution in [0.4, 0.5) is 9.59 Å². The number of hydrogen-bond donors (Lipinski definition) is 2. The van der Waals surface area contributed by atoms with E-state index in [1.807, 2.05) is 0 Å². The fourth-order valence-electron chi connectivity index (χ4n) is 1.85. The van der Waals surface area contributed by atoms with Gasteiger partial charge in [0, 0.05) is 15.6 Å². The Morgan fingerprint density at radius 3 is 2.10 bits per heavy atom. The molecular weight excluding hydrogens is 319 g/mol. The van der Waals surface area contributed by atoms with Gasteiger partial charge in [-0.15, -0.1) is 0 Å². The van der Waals surface area contributed by atoms with Crippen molar-refractivity contribution in [2.24, 2.45) is 17.4 Å². The Morgan fingerprint density at radius 1 is 1.10 bits per heavy atom. The van der Waals surface area contributed by atoms with Crippen LogP contribution in [-0.2, 0) is 9.47 Å². The first-order valence-corrected chi connectivity index (χ1v) is 6.85. The molecular formula is C13H16Cl2N2O4. The minimum absolute atomic E-state index is 0.200. The summed E-state index contributed by atoms with van der Waals surface area (Å²) in [6, 6.07) is 4.62. The second-order valence-electron chi connectivity index (χ2n) is 4.67. The lowest BCUT2D eigenvalue weighted by atomic mass is 9.95. The van der Waals surface area contributed by atoms with Crippen molar-refractivity contribution in [2.75, 3.05) is 0 Å². The Kier molecular flexibility index (Phi) is 6.11. The summed E-state index contributed by atoms with van der Waals surface area (Å²) >= 11 is 11.9. The van der Waals surface area contributed by atoms with Crippen molar-refractivity contribution in [3.63, 3.8) is 0 Å². The molecule has 1 rings (SSSR count). The summed E-state index contributed by atoms with van der Waals surface area (Å²) in [5.74, 6) is -0.200. The van der Waals surface area contributed by atoms with Gasteiger partial charge in [-0.3, -0.25) is 0 Å². The molecule has 0 saturated heterocycles. The molecule has 4 N–H and O–H groups in total. The summed E-state index contributed by atoms with van der Waals surface area (Å²) in [4.78, 5) is 22.2. The van der Waals surface area contributed by atoms with Gasteiger partial charge in [-0.2, -0.15) is 0 Å². The fraction of sp³-hybridized carbons (Fsp3) is 0.385. The molecule has 2 atom stereocenters. The van der Waals surface area contributed by atoms with Crippen molar-refractivity contribution >= 4 is 35.4 Å². The average molecular weight is 335 g/mol. The van der Waals surface area contributed by atoms with E-state index in [2.05, 4.69) is 0 Å². The first kappa shape index (κ1) is 17.4. The monoisotopic (exact) mass is 334 g/mol. The number of hydrogen-bond acceptors (Lipinski definition) is 4. The third-order valence-corrected chi connectivity index (χ3v) is 3.28. The smallest absolute Gasteiger partial charge is 0.405 e. The van der Waals surface area contributed by atoms with E-state index in [-0.39, 0.29) is 10.9 Å². The Balaban J connectivity index is 3.24. The highest BCUT2D eigenvalue weighted by molar-refractivity contribution is 6.35. The largest absolute Gasteiger partial charge is 0.442 e. The zero-order valence-corrected chi connectivity index (χ0v) is 13.0. The molecule has 1 aromatic rings. The van der Waals surface area contributed by atoms with E-state index >= 15 is 0 Å². The standard InChI is InChI=1S/C13H16Cl2N2O4/c1-6(2)10(20-12(16)18)11(21-13(17)19)8-4-3-7(14)5-9(8)15/h3-6,10-11H,1-2H3,(H2,16,18)(H2,17,19)/t10-,11-/m0/s1. The minimum Gasteiger partial charge on any atom is -0.442 e. The lowest BCUT2D eigenvalue weighted by Crippen LogP contribution is -2.36. The predicted molar refractivity (Wildman–Crippen MR) is 79.2 cm³/mol. The lowest BCUT2D eigenvalue weighted by Gasteiger charge is -2.29. The minimum atomic E-state index is -1.02. The molecule has 0 saturated carbocycles. The number of nitrogens with two attached hydrogens (primary N) is 2. The molecule has 2 amide bonds. The quantitative estimate of drug-likeness (QED) is 0.861. The third-order valence-electron chi connectivity index (χ3n) is 2.72. The molecule has 116 valence electrons. The maximum absolute atomic E-state index is 11.1. The summed E-state index contributed by atoms with van der Waals surface area (Å²) in [5.41, 5.74) is 10.5. The van der Waals surface area contributed by atoms with Crippen LogP contribution < -0.4 is 11.5 Å². The summed E-state index contributed by atoms with van der Waals surface area (Å²) in [7, 11) is 0. The van der Waals surface area contributed by atoms with Gasteiger partial charge in [0.05, 0.1) is 0 Å². The second-order valence-corrected chi connectivity index (χ2v) is 5.51. The van der Waals surface area contributed by atoms with E-state index in [0.717, 1.165) is 0 Å². The number of carbonyl (C=O) groups excluding carboxylic acids is 2. The zero-order chi connectivity index (χ0) is 16.2. The maximum atomic E-state index is 11.1. The number of amides is 2. The molecule has 0 unspecified atom stereocenters. The number of ether oxygens (including phenoxy) is 2. The normalized spacial score (nSPS) is 13.6. The van der Waals surface area contributed by atoms with Crippen LogP contribution in [0.5, 0.6) is 0 Å². The van der Waals surface area contributed by atoms with Crippen molar-refractivity contribution < 1.29 is 19.1 Å². The predicted octanol–water partition coefficient (Wildman–Crippen LogP) is 3.25. The summed E-state index contributed by atoms with van der Waals surface area (Å²) in [5, 5.41) is 0.672. The van der Waals surface area contributed by atoms with Crippen LogP contribution in [0.2, 0.25) is 10.0 Å². The SMILES string of the molecule is CC(C)[C@H](OC(N)=O)[C@@H](OC(N)=O)c1ccc(Cl)cc1Cl. The zero-order valence-electron chi connectivity index (χ0n) is 11.5. The molecule has 6 nitrogen and oxygen atoms in total. The second kappa shape index (κ2) is 7.38. The highest BCUT2D eigenvalue weighted by Crippen LogP contribution is 2.34. The lowest BCUT2D eigenvalue weighted by molar-refractivity contribution is -0.0267. The molecule has 1 aromatic carbocycles. The first-order valence-electron chi connectivity index (χ1n) is 6.09. The topological polar surface area (TPSA) is 105 Å². The molecule has 0 fully saturated rings. The Labute approximate surface area is 132 Å². The van der Waals surface area contributed by atoms with Crippen molar-refractivity contribution in [1.29, 1.82) is 0 Å². The molecule has 0 aliphatic heterocycles. The van der Waals surface area contributed by atoms with Crippen LogP contribution in [-0.4, -0.2) is 18.3 Å². The number of primary amides is 2. The molecule has 0 aliphatic carbocycles. The molecule has 21 heavy (non-hydrogen) atoms. The number of carbonyl (C=O) groups is 2. The van der Waals surface area contributed by atoms with Crippen LogP contribution in [0.3, 0.4) is 0 Å². The molecule has 0 spiro atoms. The van der Waals surface area contributed by atoms with Gasteiger partial charge in [-0.25, -0.2) is 9.59 Å². The van der Waals surface area contributed by atoms with Crippen LogP contribution in [0, 0.1) is 5.92 Å². The van der Waals surface area contributed by atoms with Crippen molar-refractivity contribution in [1.82, 2.24) is 0 Å². The van der Waals surface area contributed by atoms with Crippen LogP contribution in [0.25, 0.3) is 0 Å². The number of rotatable bonds is 5. The van der Waals surface area contributed by atoms with E-state index in [4.69, 9.17) is 44.1 Å². The van der Waals surface area contributed by atoms with Gasteiger partial charge in [-0.05, 0) is 18.1 Å². The highest BCUT2D eigenvalue weighted by Gasteiger charge is 2.33. The number of halogens is 2. The van der Waals surface area contributed by atoms with Crippen molar-refractivity contribution in [3.05, 3.63) is 33.8 Å². The van der Waals surface area contributed by atoms with E-state index < -0.39 is 24.4 Å². The molecule has 0 aromatic heterocycles. The van der Waals surface area contributed by atoms with Gasteiger partial charge in [0.1, 0.15) is 6.10 Å². The van der Waals surface area contributed by atoms with Gasteiger partial charge < -0.3 is 20.9 Å². The van der Waals surface area contributed by atoms with Gasteiger partial charge in [0.15, 0.2) is 6.10 Å². The van der Waals surface area contributed by atoms with Crippen molar-refractivity contribution in [2.45, 2.75) is 26.1 Å². The Bertz CT molecular complexity index is 537. The van der Waals surface area contributed by atoms with Gasteiger partial charge in [-0.1, -0.05) is 43.1 Å². The Morgan fingerprint density at radius 2 is 1.67 bits per heavy atom. The van der Waals surface area contributed by atoms with E-state index in [0.29, 0.717) is 10.6 Å². The van der Waals surface area contributed by atoms with E-state index in [9.17, 15) is 9.59 Å². The fourth-order valence-corrected chi connectivity index (χ4v) is 2.36. The van der Waals surface area contributed by atoms with Gasteiger partial charge >= 0.3 is 12.2 Å². The molecule has 0 heterocycles. The third kappa shape index (κ3) is 4.99. The molecule has 0 aliphatic rings. The van der Waals surface area contributed by atoms with E-state index in [1.54, 1.807) is 26.0 Å².